The molecule has 166 valence electrons. The normalized spacial score (nSPS) is 21.2. The van der Waals surface area contributed by atoms with Crippen LogP contribution in [-0.4, -0.2) is 48.5 Å². The van der Waals surface area contributed by atoms with E-state index >= 15 is 0 Å². The molecule has 1 unspecified atom stereocenters. The van der Waals surface area contributed by atoms with Crippen LogP contribution in [0, 0.1) is 0 Å². The van der Waals surface area contributed by atoms with Gasteiger partial charge in [0, 0.05) is 22.2 Å². The molecular formula is C21H20N4O6S. The van der Waals surface area contributed by atoms with Crippen molar-refractivity contribution in [2.24, 2.45) is 0 Å². The van der Waals surface area contributed by atoms with Crippen molar-refractivity contribution in [3.05, 3.63) is 40.1 Å². The fourth-order valence-electron chi connectivity index (χ4n) is 4.28. The zero-order chi connectivity index (χ0) is 22.3. The summed E-state index contributed by atoms with van der Waals surface area (Å²) in [5.74, 6) is -0.182. The lowest BCUT2D eigenvalue weighted by atomic mass is 9.80. The van der Waals surface area contributed by atoms with E-state index < -0.39 is 36.0 Å². The van der Waals surface area contributed by atoms with Crippen molar-refractivity contribution in [3.63, 3.8) is 0 Å². The van der Waals surface area contributed by atoms with Crippen LogP contribution >= 0.6 is 11.3 Å². The van der Waals surface area contributed by atoms with Crippen molar-refractivity contribution >= 4 is 40.9 Å². The van der Waals surface area contributed by atoms with E-state index in [1.165, 1.54) is 0 Å². The smallest absolute Gasteiger partial charge is 0.325 e. The molecule has 32 heavy (non-hydrogen) atoms. The van der Waals surface area contributed by atoms with Crippen molar-refractivity contribution in [2.75, 3.05) is 25.1 Å². The number of fused-ring (bicyclic) bond motifs is 3. The summed E-state index contributed by atoms with van der Waals surface area (Å²) >= 11 is 1.55. The van der Waals surface area contributed by atoms with Gasteiger partial charge in [-0.1, -0.05) is 0 Å². The number of nitrogens with one attached hydrogen (secondary N) is 3. The maximum absolute atomic E-state index is 13.1. The molecule has 2 aliphatic heterocycles. The molecule has 3 aliphatic rings. The highest BCUT2D eigenvalue weighted by Gasteiger charge is 2.54. The van der Waals surface area contributed by atoms with Gasteiger partial charge in [0.1, 0.15) is 25.3 Å². The Balaban J connectivity index is 1.22. The largest absolute Gasteiger partial charge is 0.486 e. The molecule has 0 saturated carbocycles. The van der Waals surface area contributed by atoms with Gasteiger partial charge in [-0.3, -0.25) is 19.8 Å². The highest BCUT2D eigenvalue weighted by Crippen LogP contribution is 2.42. The highest BCUT2D eigenvalue weighted by atomic mass is 32.1. The molecule has 3 N–H and O–H groups in total. The van der Waals surface area contributed by atoms with Crippen LogP contribution in [0.3, 0.4) is 0 Å². The number of hydrogen-bond donors (Lipinski definition) is 3. The summed E-state index contributed by atoms with van der Waals surface area (Å²) in [4.78, 5) is 52.2. The Kier molecular flexibility index (Phi) is 4.97. The van der Waals surface area contributed by atoms with E-state index in [0.29, 0.717) is 36.8 Å². The number of carbonyl (C=O) groups is 4. The summed E-state index contributed by atoms with van der Waals surface area (Å²) in [6, 6.07) is 5.27. The van der Waals surface area contributed by atoms with Gasteiger partial charge in [-0.05, 0) is 42.8 Å². The van der Waals surface area contributed by atoms with Crippen LogP contribution in [0.15, 0.2) is 29.6 Å². The molecular weight excluding hydrogens is 436 g/mol. The van der Waals surface area contributed by atoms with Crippen molar-refractivity contribution in [2.45, 2.75) is 24.8 Å². The molecule has 1 aliphatic carbocycles. The van der Waals surface area contributed by atoms with E-state index in [2.05, 4.69) is 16.0 Å². The Bertz CT molecular complexity index is 1130. The first kappa shape index (κ1) is 20.3. The summed E-state index contributed by atoms with van der Waals surface area (Å²) in [6.07, 6.45) is 2.10. The zero-order valence-electron chi connectivity index (χ0n) is 16.9. The van der Waals surface area contributed by atoms with E-state index in [1.54, 1.807) is 29.5 Å². The van der Waals surface area contributed by atoms with Crippen molar-refractivity contribution in [1.82, 2.24) is 15.5 Å². The zero-order valence-corrected chi connectivity index (χ0v) is 17.8. The molecule has 1 aromatic carbocycles. The second kappa shape index (κ2) is 7.83. The Morgan fingerprint density at radius 2 is 1.97 bits per heavy atom. The van der Waals surface area contributed by atoms with E-state index in [9.17, 15) is 19.2 Å². The van der Waals surface area contributed by atoms with Crippen LogP contribution in [0.4, 0.5) is 15.3 Å². The first-order chi connectivity index (χ1) is 15.5. The topological polar surface area (TPSA) is 126 Å². The minimum atomic E-state index is -1.13. The molecule has 2 aromatic rings. The number of thiophene rings is 1. The third kappa shape index (κ3) is 3.44. The third-order valence-electron chi connectivity index (χ3n) is 5.69. The molecule has 10 nitrogen and oxygen atoms in total. The minimum Gasteiger partial charge on any atom is -0.486 e. The Morgan fingerprint density at radius 1 is 1.16 bits per heavy atom. The first-order valence-electron chi connectivity index (χ1n) is 10.2. The summed E-state index contributed by atoms with van der Waals surface area (Å²) in [7, 11) is 0. The van der Waals surface area contributed by atoms with Crippen LogP contribution in [0.25, 0.3) is 0 Å². The lowest BCUT2D eigenvalue weighted by Gasteiger charge is -2.31. The van der Waals surface area contributed by atoms with Gasteiger partial charge < -0.3 is 20.1 Å². The lowest BCUT2D eigenvalue weighted by molar-refractivity contribution is -0.135. The van der Waals surface area contributed by atoms with Gasteiger partial charge in [-0.15, -0.1) is 11.3 Å². The van der Waals surface area contributed by atoms with Crippen molar-refractivity contribution < 1.29 is 28.7 Å². The van der Waals surface area contributed by atoms with Gasteiger partial charge in [0.25, 0.3) is 5.91 Å². The number of aryl methyl sites for hydroxylation is 1. The number of hydrogen-bond acceptors (Lipinski definition) is 7. The first-order valence-corrected chi connectivity index (χ1v) is 11.1. The van der Waals surface area contributed by atoms with E-state index in [0.717, 1.165) is 28.2 Å². The monoisotopic (exact) mass is 456 g/mol. The number of rotatable bonds is 3. The Hall–Kier alpha value is -3.60. The molecule has 5 rings (SSSR count). The molecule has 1 aromatic heterocycles. The minimum absolute atomic E-state index is 0.403. The predicted molar refractivity (Wildman–Crippen MR) is 114 cm³/mol. The second-order valence-corrected chi connectivity index (χ2v) is 8.70. The van der Waals surface area contributed by atoms with Crippen LogP contribution in [0.2, 0.25) is 0 Å². The molecule has 0 bridgehead atoms. The van der Waals surface area contributed by atoms with Crippen LogP contribution < -0.4 is 25.4 Å². The van der Waals surface area contributed by atoms with Gasteiger partial charge in [0.05, 0.1) is 0 Å². The number of urea groups is 2. The van der Waals surface area contributed by atoms with Gasteiger partial charge in [-0.25, -0.2) is 9.59 Å². The number of anilines is 1. The van der Waals surface area contributed by atoms with Crippen LogP contribution in [-0.2, 0) is 21.5 Å². The Morgan fingerprint density at radius 3 is 2.81 bits per heavy atom. The predicted octanol–water partition coefficient (Wildman–Crippen LogP) is 1.95. The van der Waals surface area contributed by atoms with E-state index in [4.69, 9.17) is 9.47 Å². The van der Waals surface area contributed by atoms with E-state index in [-0.39, 0.29) is 0 Å². The molecule has 1 spiro atoms. The molecule has 0 radical (unpaired) electrons. The van der Waals surface area contributed by atoms with Crippen LogP contribution in [0.5, 0.6) is 11.5 Å². The molecule has 1 saturated heterocycles. The second-order valence-electron chi connectivity index (χ2n) is 7.70. The molecule has 1 atom stereocenters. The average Bonchev–Trinajstić information content (AvgIpc) is 3.34. The highest BCUT2D eigenvalue weighted by molar-refractivity contribution is 7.10. The number of ether oxygens (including phenoxy) is 2. The molecule has 6 amide bonds. The molecule has 1 fully saturated rings. The summed E-state index contributed by atoms with van der Waals surface area (Å²) < 4.78 is 10.9. The van der Waals surface area contributed by atoms with Gasteiger partial charge in [0.2, 0.25) is 5.91 Å². The molecule has 3 heterocycles. The Labute approximate surface area is 186 Å². The average molecular weight is 456 g/mol. The number of imide groups is 2. The van der Waals surface area contributed by atoms with Gasteiger partial charge in [-0.2, -0.15) is 0 Å². The molecule has 11 heteroatoms. The summed E-state index contributed by atoms with van der Waals surface area (Å²) in [6.45, 7) is 0.300. The van der Waals surface area contributed by atoms with Gasteiger partial charge in [0.15, 0.2) is 11.5 Å². The fourth-order valence-corrected chi connectivity index (χ4v) is 5.28. The maximum atomic E-state index is 13.1. The number of carbonyl (C=O) groups excluding carboxylic acids is 4. The van der Waals surface area contributed by atoms with E-state index in [1.807, 2.05) is 11.4 Å². The number of benzene rings is 1. The van der Waals surface area contributed by atoms with Crippen molar-refractivity contribution in [1.29, 1.82) is 0 Å². The summed E-state index contributed by atoms with van der Waals surface area (Å²) in [5, 5.41) is 9.35. The fraction of sp³-hybridized carbons (Fsp3) is 0.333. The quantitative estimate of drug-likeness (QED) is 0.606. The number of amides is 6. The SMILES string of the molecule is O=C(CN1C(=O)NC2(CCCc3sccc32)C1=O)NC(=O)Nc1ccc2c(c1)OCCO2. The van der Waals surface area contributed by atoms with Crippen molar-refractivity contribution in [3.8, 4) is 11.5 Å². The third-order valence-corrected chi connectivity index (χ3v) is 6.67. The summed E-state index contributed by atoms with van der Waals surface area (Å²) in [5.41, 5.74) is 0.0744. The maximum Gasteiger partial charge on any atom is 0.325 e. The van der Waals surface area contributed by atoms with Crippen LogP contribution in [0.1, 0.15) is 23.3 Å². The lowest BCUT2D eigenvalue weighted by Crippen LogP contribution is -2.47. The number of nitrogens with zero attached hydrogens (tertiary/aromatic N) is 1. The van der Waals surface area contributed by atoms with Gasteiger partial charge >= 0.3 is 12.1 Å². The standard InChI is InChI=1S/C21H20N4O6S/c26-17(23-19(28)22-12-3-4-14-15(10-12)31-8-7-30-14)11-25-18(27)21(24-20(25)29)6-1-2-16-13(21)5-9-32-16/h3-5,9-10H,1-2,6-8,11H2,(H,24,29)(H2,22,23,26,28).